The van der Waals surface area contributed by atoms with Crippen LogP contribution in [0.1, 0.15) is 0 Å². The minimum atomic E-state index is -0.326. The maximum absolute atomic E-state index is 11.3. The van der Waals surface area contributed by atoms with Crippen LogP contribution in [0.5, 0.6) is 0 Å². The molecule has 0 atom stereocenters. The highest BCUT2D eigenvalue weighted by atomic mass is 32.1. The predicted octanol–water partition coefficient (Wildman–Crippen LogP) is 0.417. The molecule has 0 aliphatic carbocycles. The molecule has 0 radical (unpaired) electrons. The number of H-pyrrole nitrogens is 2. The number of hydrogen-bond donors (Lipinski definition) is 2. The molecule has 0 aromatic carbocycles. The molecule has 0 unspecified atom stereocenters. The van der Waals surface area contributed by atoms with Gasteiger partial charge in [-0.15, -0.1) is 11.3 Å². The van der Waals surface area contributed by atoms with Crippen LogP contribution in [0.4, 0.5) is 0 Å². The van der Waals surface area contributed by atoms with Crippen LogP contribution in [0.25, 0.3) is 27.6 Å². The van der Waals surface area contributed by atoms with Crippen LogP contribution in [-0.4, -0.2) is 34.5 Å². The molecule has 4 aromatic rings. The van der Waals surface area contributed by atoms with E-state index in [0.29, 0.717) is 22.6 Å². The van der Waals surface area contributed by atoms with Crippen LogP contribution in [-0.2, 0) is 0 Å². The van der Waals surface area contributed by atoms with Gasteiger partial charge in [0.05, 0.1) is 0 Å². The van der Waals surface area contributed by atoms with Crippen molar-refractivity contribution in [3.63, 3.8) is 0 Å². The summed E-state index contributed by atoms with van der Waals surface area (Å²) in [6.07, 6.45) is 3.13. The third kappa shape index (κ3) is 1.16. The number of aromatic nitrogens is 7. The fraction of sp³-hybridized carbons (Fsp3) is 0. The first-order valence-corrected chi connectivity index (χ1v) is 5.92. The highest BCUT2D eigenvalue weighted by Gasteiger charge is 2.16. The van der Waals surface area contributed by atoms with E-state index in [2.05, 4.69) is 30.0 Å². The Kier molecular flexibility index (Phi) is 1.70. The molecule has 0 aliphatic rings. The first-order valence-electron chi connectivity index (χ1n) is 5.04. The summed E-state index contributed by atoms with van der Waals surface area (Å²) in [5.41, 5.74) is 1.48. The van der Waals surface area contributed by atoms with Gasteiger partial charge in [-0.1, -0.05) is 0 Å². The summed E-state index contributed by atoms with van der Waals surface area (Å²) < 4.78 is 1.54. The molecule has 0 fully saturated rings. The molecular weight excluding hydrogens is 254 g/mol. The van der Waals surface area contributed by atoms with Gasteiger partial charge in [-0.25, -0.2) is 29.4 Å². The van der Waals surface area contributed by atoms with Gasteiger partial charge in [-0.2, -0.15) is 4.98 Å². The van der Waals surface area contributed by atoms with Gasteiger partial charge < -0.3 is 0 Å². The lowest BCUT2D eigenvalue weighted by atomic mass is 10.4. The van der Waals surface area contributed by atoms with E-state index < -0.39 is 0 Å². The fourth-order valence-corrected chi connectivity index (χ4v) is 2.47. The molecule has 0 bridgehead atoms. The Labute approximate surface area is 102 Å². The lowest BCUT2D eigenvalue weighted by Crippen LogP contribution is -2.03. The number of nitrogens with one attached hydrogen (secondary N) is 2. The second-order valence-corrected chi connectivity index (χ2v) is 4.46. The minimum Gasteiger partial charge on any atom is -0.275 e. The van der Waals surface area contributed by atoms with E-state index in [1.165, 1.54) is 22.2 Å². The van der Waals surface area contributed by atoms with E-state index in [9.17, 15) is 4.79 Å². The largest absolute Gasteiger partial charge is 0.340 e. The molecule has 9 heteroatoms. The quantitative estimate of drug-likeness (QED) is 0.515. The number of fused-ring (bicyclic) bond motifs is 3. The van der Waals surface area contributed by atoms with E-state index in [4.69, 9.17) is 0 Å². The molecule has 88 valence electrons. The highest BCUT2D eigenvalue weighted by molar-refractivity contribution is 7.13. The number of imidazole rings is 1. The summed E-state index contributed by atoms with van der Waals surface area (Å²) in [6, 6.07) is 0. The molecule has 0 aliphatic heterocycles. The van der Waals surface area contributed by atoms with Crippen molar-refractivity contribution in [3.8, 4) is 10.7 Å². The van der Waals surface area contributed by atoms with E-state index in [-0.39, 0.29) is 5.69 Å². The van der Waals surface area contributed by atoms with Crippen LogP contribution in [0, 0.1) is 0 Å². The standard InChI is InChI=1S/C9H5N7OS/c17-9-14-8-13-6-5(16(8)15-9)4(11-3-12-6)7-10-1-2-18-7/h1-3H,(H2,11,12,13,14,15,17). The molecule has 0 amide bonds. The summed E-state index contributed by atoms with van der Waals surface area (Å²) >= 11 is 1.46. The van der Waals surface area contributed by atoms with Gasteiger partial charge >= 0.3 is 5.69 Å². The summed E-state index contributed by atoms with van der Waals surface area (Å²) in [6.45, 7) is 0. The van der Waals surface area contributed by atoms with Crippen molar-refractivity contribution in [2.75, 3.05) is 0 Å². The van der Waals surface area contributed by atoms with Gasteiger partial charge in [0.15, 0.2) is 5.65 Å². The van der Waals surface area contributed by atoms with Crippen LogP contribution in [0.15, 0.2) is 22.7 Å². The molecule has 8 nitrogen and oxygen atoms in total. The van der Waals surface area contributed by atoms with Crippen molar-refractivity contribution in [2.24, 2.45) is 0 Å². The van der Waals surface area contributed by atoms with Crippen LogP contribution >= 0.6 is 11.3 Å². The molecule has 0 saturated carbocycles. The van der Waals surface area contributed by atoms with Crippen molar-refractivity contribution < 1.29 is 0 Å². The minimum absolute atomic E-state index is 0.326. The summed E-state index contributed by atoms with van der Waals surface area (Å²) in [5, 5.41) is 5.24. The average molecular weight is 259 g/mol. The van der Waals surface area contributed by atoms with Gasteiger partial charge in [0.25, 0.3) is 0 Å². The number of nitrogens with zero attached hydrogens (tertiary/aromatic N) is 5. The second-order valence-electron chi connectivity index (χ2n) is 3.57. The number of rotatable bonds is 1. The van der Waals surface area contributed by atoms with Crippen molar-refractivity contribution in [3.05, 3.63) is 28.4 Å². The zero-order valence-corrected chi connectivity index (χ0v) is 9.60. The molecule has 0 saturated heterocycles. The summed E-state index contributed by atoms with van der Waals surface area (Å²) in [4.78, 5) is 30.6. The zero-order chi connectivity index (χ0) is 12.1. The van der Waals surface area contributed by atoms with E-state index in [0.717, 1.165) is 5.01 Å². The second kappa shape index (κ2) is 3.23. The van der Waals surface area contributed by atoms with E-state index in [1.807, 2.05) is 5.38 Å². The molecule has 0 spiro atoms. The van der Waals surface area contributed by atoms with Gasteiger partial charge in [-0.05, 0) is 0 Å². The van der Waals surface area contributed by atoms with Crippen LogP contribution in [0.2, 0.25) is 0 Å². The maximum Gasteiger partial charge on any atom is 0.340 e. The summed E-state index contributed by atoms with van der Waals surface area (Å²) in [7, 11) is 0. The molecule has 2 N–H and O–H groups in total. The van der Waals surface area contributed by atoms with Crippen molar-refractivity contribution in [1.29, 1.82) is 0 Å². The Balaban J connectivity index is 2.22. The van der Waals surface area contributed by atoms with Gasteiger partial charge in [0, 0.05) is 11.6 Å². The van der Waals surface area contributed by atoms with Crippen LogP contribution in [0.3, 0.4) is 0 Å². The predicted molar refractivity (Wildman–Crippen MR) is 64.4 cm³/mol. The first-order chi connectivity index (χ1) is 8.83. The molecular formula is C9H5N7OS. The van der Waals surface area contributed by atoms with Crippen molar-refractivity contribution >= 4 is 28.3 Å². The highest BCUT2D eigenvalue weighted by Crippen LogP contribution is 2.26. The molecule has 4 aromatic heterocycles. The monoisotopic (exact) mass is 259 g/mol. The number of thiazole rings is 1. The Morgan fingerprint density at radius 1 is 1.28 bits per heavy atom. The van der Waals surface area contributed by atoms with E-state index >= 15 is 0 Å². The van der Waals surface area contributed by atoms with Gasteiger partial charge in [0.2, 0.25) is 5.78 Å². The average Bonchev–Trinajstić information content (AvgIpc) is 3.02. The Hall–Kier alpha value is -2.55. The van der Waals surface area contributed by atoms with Crippen molar-refractivity contribution in [1.82, 2.24) is 34.5 Å². The summed E-state index contributed by atoms with van der Waals surface area (Å²) in [5.74, 6) is 0.410. The number of aromatic amines is 2. The Morgan fingerprint density at radius 3 is 3.06 bits per heavy atom. The smallest absolute Gasteiger partial charge is 0.275 e. The number of hydrogen-bond acceptors (Lipinski definition) is 6. The Morgan fingerprint density at radius 2 is 2.22 bits per heavy atom. The zero-order valence-electron chi connectivity index (χ0n) is 8.78. The molecule has 4 rings (SSSR count). The van der Waals surface area contributed by atoms with Crippen molar-refractivity contribution in [2.45, 2.75) is 0 Å². The normalized spacial score (nSPS) is 11.6. The maximum atomic E-state index is 11.3. The lowest BCUT2D eigenvalue weighted by molar-refractivity contribution is 0.971. The van der Waals surface area contributed by atoms with Gasteiger partial charge in [-0.3, -0.25) is 4.98 Å². The topological polar surface area (TPSA) is 105 Å². The fourth-order valence-electron chi connectivity index (χ4n) is 1.83. The lowest BCUT2D eigenvalue weighted by Gasteiger charge is -1.96. The molecule has 4 heterocycles. The third-order valence-corrected chi connectivity index (χ3v) is 3.30. The Bertz CT molecular complexity index is 900. The first kappa shape index (κ1) is 9.48. The van der Waals surface area contributed by atoms with E-state index in [1.54, 1.807) is 6.20 Å². The third-order valence-electron chi connectivity index (χ3n) is 2.52. The van der Waals surface area contributed by atoms with Crippen LogP contribution < -0.4 is 5.69 Å². The SMILES string of the molecule is O=c1[nH]c2nc3ncnc(-c4nccs4)c3n2[nH]1. The van der Waals surface area contributed by atoms with Gasteiger partial charge in [0.1, 0.15) is 22.5 Å². The molecule has 18 heavy (non-hydrogen) atoms.